The van der Waals surface area contributed by atoms with E-state index in [1.807, 2.05) is 11.6 Å². The summed E-state index contributed by atoms with van der Waals surface area (Å²) in [6, 6.07) is 8.31. The number of nitroso groups, excluding NO2 is 1. The summed E-state index contributed by atoms with van der Waals surface area (Å²) in [6.07, 6.45) is 1.62. The van der Waals surface area contributed by atoms with Crippen LogP contribution in [0.25, 0.3) is 0 Å². The van der Waals surface area contributed by atoms with E-state index in [-0.39, 0.29) is 0 Å². The second-order valence-corrected chi connectivity index (χ2v) is 3.91. The highest BCUT2D eigenvalue weighted by molar-refractivity contribution is 5.34. The number of aromatic nitrogens is 2. The van der Waals surface area contributed by atoms with Gasteiger partial charge < -0.3 is 0 Å². The van der Waals surface area contributed by atoms with Gasteiger partial charge in [-0.3, -0.25) is 0 Å². The summed E-state index contributed by atoms with van der Waals surface area (Å²) in [5.41, 5.74) is 3.76. The Morgan fingerprint density at radius 1 is 1.25 bits per heavy atom. The van der Waals surface area contributed by atoms with E-state index < -0.39 is 0 Å². The predicted molar refractivity (Wildman–Crippen MR) is 61.5 cm³/mol. The van der Waals surface area contributed by atoms with E-state index >= 15 is 0 Å². The molecule has 0 aliphatic heterocycles. The number of nitrogens with zero attached hydrogens (tertiary/aromatic N) is 2. The quantitative estimate of drug-likeness (QED) is 0.621. The Bertz CT molecular complexity index is 499. The summed E-state index contributed by atoms with van der Waals surface area (Å²) < 4.78 is 1.90. The first-order valence-electron chi connectivity index (χ1n) is 5.17. The number of rotatable bonds is 3. The van der Waals surface area contributed by atoms with E-state index in [4.69, 9.17) is 0 Å². The number of H-pyrrole nitrogens is 1. The number of hydrogen-bond acceptors (Lipinski definition) is 2. The number of hydrogen-bond donors (Lipinski definition) is 1. The van der Waals surface area contributed by atoms with Crippen molar-refractivity contribution in [1.82, 2.24) is 5.10 Å². The van der Waals surface area contributed by atoms with E-state index in [1.165, 1.54) is 11.1 Å². The lowest BCUT2D eigenvalue weighted by molar-refractivity contribution is -0.747. The second kappa shape index (κ2) is 4.26. The highest BCUT2D eigenvalue weighted by atomic mass is 16.3. The highest BCUT2D eigenvalue weighted by Gasteiger charge is 2.15. The van der Waals surface area contributed by atoms with Crippen molar-refractivity contribution < 1.29 is 4.68 Å². The second-order valence-electron chi connectivity index (χ2n) is 3.91. The highest BCUT2D eigenvalue weighted by Crippen LogP contribution is 2.12. The fourth-order valence-corrected chi connectivity index (χ4v) is 1.61. The average molecular weight is 216 g/mol. The fourth-order valence-electron chi connectivity index (χ4n) is 1.61. The Morgan fingerprint density at radius 2 is 1.94 bits per heavy atom. The molecule has 0 saturated heterocycles. The molecule has 0 radical (unpaired) electrons. The third kappa shape index (κ3) is 2.00. The van der Waals surface area contributed by atoms with Crippen LogP contribution in [-0.4, -0.2) is 5.10 Å². The summed E-state index contributed by atoms with van der Waals surface area (Å²) in [4.78, 5) is 10.5. The molecule has 16 heavy (non-hydrogen) atoms. The summed E-state index contributed by atoms with van der Waals surface area (Å²) in [5.74, 6) is 0. The summed E-state index contributed by atoms with van der Waals surface area (Å²) in [7, 11) is 0. The summed E-state index contributed by atoms with van der Waals surface area (Å²) >= 11 is 0. The van der Waals surface area contributed by atoms with Crippen LogP contribution in [0.15, 0.2) is 35.6 Å². The van der Waals surface area contributed by atoms with Crippen molar-refractivity contribution in [3.05, 3.63) is 52.2 Å². The molecule has 0 aliphatic carbocycles. The lowest BCUT2D eigenvalue weighted by atomic mass is 10.1. The zero-order valence-electron chi connectivity index (χ0n) is 9.40. The first kappa shape index (κ1) is 10.5. The van der Waals surface area contributed by atoms with Gasteiger partial charge in [-0.05, 0) is 12.1 Å². The van der Waals surface area contributed by atoms with E-state index in [9.17, 15) is 4.91 Å². The topological polar surface area (TPSA) is 49.1 Å². The minimum absolute atomic E-state index is 0.465. The van der Waals surface area contributed by atoms with Crippen LogP contribution in [0.5, 0.6) is 0 Å². The predicted octanol–water partition coefficient (Wildman–Crippen LogP) is 2.37. The first-order valence-corrected chi connectivity index (χ1v) is 5.17. The van der Waals surface area contributed by atoms with E-state index in [0.717, 1.165) is 12.2 Å². The van der Waals surface area contributed by atoms with Gasteiger partial charge >= 0.3 is 0 Å². The van der Waals surface area contributed by atoms with Crippen LogP contribution in [0.1, 0.15) is 16.8 Å². The molecule has 4 heteroatoms. The van der Waals surface area contributed by atoms with Crippen LogP contribution in [0.4, 0.5) is 5.69 Å². The SMILES string of the molecule is Cc1ccc(C[n+]2[nH]cc(N=O)c2C)cc1. The Labute approximate surface area is 93.9 Å². The molecule has 1 aromatic carbocycles. The van der Waals surface area contributed by atoms with Crippen molar-refractivity contribution in [3.63, 3.8) is 0 Å². The van der Waals surface area contributed by atoms with Gasteiger partial charge in [0, 0.05) is 12.5 Å². The van der Waals surface area contributed by atoms with Crippen LogP contribution in [0.3, 0.4) is 0 Å². The molecule has 0 amide bonds. The van der Waals surface area contributed by atoms with E-state index in [0.29, 0.717) is 5.69 Å². The Hall–Kier alpha value is -1.97. The summed E-state index contributed by atoms with van der Waals surface area (Å²) in [6.45, 7) is 4.66. The molecule has 2 aromatic rings. The van der Waals surface area contributed by atoms with Gasteiger partial charge in [-0.2, -0.15) is 5.10 Å². The number of benzene rings is 1. The number of aryl methyl sites for hydroxylation is 1. The van der Waals surface area contributed by atoms with Crippen LogP contribution < -0.4 is 4.68 Å². The maximum atomic E-state index is 10.5. The fraction of sp³-hybridized carbons (Fsp3) is 0.250. The molecule has 0 unspecified atom stereocenters. The molecule has 1 N–H and O–H groups in total. The lowest BCUT2D eigenvalue weighted by Gasteiger charge is -1.97. The molecular formula is C12H14N3O+. The Kier molecular flexibility index (Phi) is 2.81. The van der Waals surface area contributed by atoms with Crippen LogP contribution >= 0.6 is 0 Å². The zero-order chi connectivity index (χ0) is 11.5. The molecule has 0 saturated carbocycles. The van der Waals surface area contributed by atoms with Gasteiger partial charge in [-0.1, -0.05) is 29.8 Å². The van der Waals surface area contributed by atoms with Gasteiger partial charge in [-0.25, -0.2) is 0 Å². The molecule has 0 bridgehead atoms. The molecule has 0 aliphatic rings. The molecule has 0 fully saturated rings. The molecule has 2 rings (SSSR count). The smallest absolute Gasteiger partial charge is 0.170 e. The Morgan fingerprint density at radius 3 is 2.50 bits per heavy atom. The molecule has 1 aromatic heterocycles. The van der Waals surface area contributed by atoms with E-state index in [1.54, 1.807) is 6.20 Å². The van der Waals surface area contributed by atoms with Gasteiger partial charge in [0.15, 0.2) is 12.2 Å². The van der Waals surface area contributed by atoms with Crippen molar-refractivity contribution in [3.8, 4) is 0 Å². The maximum Gasteiger partial charge on any atom is 0.234 e. The van der Waals surface area contributed by atoms with Crippen LogP contribution in [0.2, 0.25) is 0 Å². The third-order valence-corrected chi connectivity index (χ3v) is 2.69. The van der Waals surface area contributed by atoms with Crippen molar-refractivity contribution in [1.29, 1.82) is 0 Å². The largest absolute Gasteiger partial charge is 0.234 e. The Balaban J connectivity index is 2.23. The monoisotopic (exact) mass is 216 g/mol. The minimum atomic E-state index is 0.465. The number of aromatic amines is 1. The van der Waals surface area contributed by atoms with Crippen molar-refractivity contribution in [2.45, 2.75) is 20.4 Å². The lowest BCUT2D eigenvalue weighted by Crippen LogP contribution is -2.38. The van der Waals surface area contributed by atoms with Crippen LogP contribution in [-0.2, 0) is 6.54 Å². The normalized spacial score (nSPS) is 10.4. The molecule has 1 heterocycles. The molecule has 82 valence electrons. The van der Waals surface area contributed by atoms with Gasteiger partial charge in [0.2, 0.25) is 5.69 Å². The van der Waals surface area contributed by atoms with Crippen LogP contribution in [0, 0.1) is 18.8 Å². The molecule has 4 nitrogen and oxygen atoms in total. The van der Waals surface area contributed by atoms with Gasteiger partial charge in [0.25, 0.3) is 0 Å². The maximum absolute atomic E-state index is 10.5. The standard InChI is InChI=1S/C12H13N3O/c1-9-3-5-11(6-4-9)8-15-10(2)12(14-16)7-13-15/h3-7H,8H2,1-2H3/p+1. The number of nitrogens with one attached hydrogen (secondary N) is 1. The van der Waals surface area contributed by atoms with Crippen molar-refractivity contribution >= 4 is 5.69 Å². The van der Waals surface area contributed by atoms with Gasteiger partial charge in [0.1, 0.15) is 0 Å². The minimum Gasteiger partial charge on any atom is -0.170 e. The molecular weight excluding hydrogens is 202 g/mol. The van der Waals surface area contributed by atoms with E-state index in [2.05, 4.69) is 41.5 Å². The third-order valence-electron chi connectivity index (χ3n) is 2.69. The molecule has 0 spiro atoms. The first-order chi connectivity index (χ1) is 7.70. The zero-order valence-corrected chi connectivity index (χ0v) is 9.40. The summed E-state index contributed by atoms with van der Waals surface area (Å²) in [5, 5.41) is 5.96. The van der Waals surface area contributed by atoms with Gasteiger partial charge in [0.05, 0.1) is 6.20 Å². The van der Waals surface area contributed by atoms with Crippen molar-refractivity contribution in [2.24, 2.45) is 5.18 Å². The molecule has 0 atom stereocenters. The van der Waals surface area contributed by atoms with Crippen molar-refractivity contribution in [2.75, 3.05) is 0 Å². The average Bonchev–Trinajstić information content (AvgIpc) is 2.63. The van der Waals surface area contributed by atoms with Gasteiger partial charge in [-0.15, -0.1) is 9.59 Å².